The van der Waals surface area contributed by atoms with E-state index >= 15 is 0 Å². The molecule has 0 amide bonds. The van der Waals surface area contributed by atoms with E-state index in [9.17, 15) is 4.79 Å². The summed E-state index contributed by atoms with van der Waals surface area (Å²) in [6, 6.07) is 7.09. The number of aryl methyl sites for hydroxylation is 1. The Morgan fingerprint density at radius 1 is 1.21 bits per heavy atom. The van der Waals surface area contributed by atoms with Crippen LogP contribution < -0.4 is 9.47 Å². The van der Waals surface area contributed by atoms with E-state index in [1.165, 1.54) is 14.2 Å². The van der Waals surface area contributed by atoms with Crippen LogP contribution in [0.4, 0.5) is 0 Å². The van der Waals surface area contributed by atoms with Gasteiger partial charge in [-0.25, -0.2) is 0 Å². The second-order valence-corrected chi connectivity index (χ2v) is 4.12. The summed E-state index contributed by atoms with van der Waals surface area (Å²) >= 11 is 0. The lowest BCUT2D eigenvalue weighted by atomic mass is 10.0. The van der Waals surface area contributed by atoms with Crippen LogP contribution in [0.3, 0.4) is 0 Å². The van der Waals surface area contributed by atoms with Crippen molar-refractivity contribution < 1.29 is 14.3 Å². The van der Waals surface area contributed by atoms with E-state index in [-0.39, 0.29) is 12.2 Å². The molecule has 0 N–H and O–H groups in total. The molecular weight excluding hydrogens is 244 g/mol. The fourth-order valence-electron chi connectivity index (χ4n) is 1.94. The lowest BCUT2D eigenvalue weighted by Gasteiger charge is -2.11. The van der Waals surface area contributed by atoms with Crippen molar-refractivity contribution in [1.29, 1.82) is 0 Å². The van der Waals surface area contributed by atoms with Crippen molar-refractivity contribution in [2.24, 2.45) is 7.05 Å². The molecule has 0 radical (unpaired) electrons. The van der Waals surface area contributed by atoms with Crippen LogP contribution in [0, 0.1) is 0 Å². The van der Waals surface area contributed by atoms with E-state index in [4.69, 9.17) is 9.47 Å². The molecule has 0 aliphatic carbocycles. The highest BCUT2D eigenvalue weighted by atomic mass is 16.5. The van der Waals surface area contributed by atoms with Gasteiger partial charge in [-0.3, -0.25) is 9.48 Å². The second-order valence-electron chi connectivity index (χ2n) is 4.12. The molecule has 2 rings (SSSR count). The summed E-state index contributed by atoms with van der Waals surface area (Å²) < 4.78 is 12.1. The van der Waals surface area contributed by atoms with Gasteiger partial charge in [-0.1, -0.05) is 6.07 Å². The monoisotopic (exact) mass is 260 g/mol. The number of carbonyl (C=O) groups is 1. The van der Waals surface area contributed by atoms with Gasteiger partial charge in [0, 0.05) is 13.2 Å². The standard InChI is InChI=1S/C14H16N2O3/c1-16-8-7-10(15-16)9-11(17)14-12(18-2)5-4-6-13(14)19-3/h4-8H,9H2,1-3H3. The molecule has 2 aromatic rings. The molecule has 0 fully saturated rings. The van der Waals surface area contributed by atoms with Gasteiger partial charge in [0.15, 0.2) is 5.78 Å². The quantitative estimate of drug-likeness (QED) is 0.770. The number of carbonyl (C=O) groups excluding carboxylic acids is 1. The Kier molecular flexibility index (Phi) is 3.85. The van der Waals surface area contributed by atoms with Crippen molar-refractivity contribution in [2.45, 2.75) is 6.42 Å². The highest BCUT2D eigenvalue weighted by Gasteiger charge is 2.19. The number of rotatable bonds is 5. The summed E-state index contributed by atoms with van der Waals surface area (Å²) in [4.78, 5) is 12.4. The molecular formula is C14H16N2O3. The zero-order valence-corrected chi connectivity index (χ0v) is 11.2. The molecule has 0 saturated heterocycles. The highest BCUT2D eigenvalue weighted by Crippen LogP contribution is 2.29. The average molecular weight is 260 g/mol. The summed E-state index contributed by atoms with van der Waals surface area (Å²) in [6.45, 7) is 0. The van der Waals surface area contributed by atoms with Gasteiger partial charge in [0.2, 0.25) is 0 Å². The molecule has 100 valence electrons. The number of methoxy groups -OCH3 is 2. The Hall–Kier alpha value is -2.30. The Labute approximate surface area is 111 Å². The Morgan fingerprint density at radius 2 is 1.84 bits per heavy atom. The maximum atomic E-state index is 12.4. The third-order valence-corrected chi connectivity index (χ3v) is 2.82. The van der Waals surface area contributed by atoms with Gasteiger partial charge in [-0.15, -0.1) is 0 Å². The first-order chi connectivity index (χ1) is 9.15. The zero-order chi connectivity index (χ0) is 13.8. The van der Waals surface area contributed by atoms with Crippen LogP contribution in [0.5, 0.6) is 11.5 Å². The number of benzene rings is 1. The number of nitrogens with zero attached hydrogens (tertiary/aromatic N) is 2. The fourth-order valence-corrected chi connectivity index (χ4v) is 1.94. The average Bonchev–Trinajstić information content (AvgIpc) is 2.82. The van der Waals surface area contributed by atoms with Gasteiger partial charge in [-0.05, 0) is 18.2 Å². The molecule has 0 bridgehead atoms. The maximum Gasteiger partial charge on any atom is 0.176 e. The molecule has 1 aromatic carbocycles. The first-order valence-corrected chi connectivity index (χ1v) is 5.88. The molecule has 0 aliphatic heterocycles. The minimum atomic E-state index is -0.0759. The van der Waals surface area contributed by atoms with E-state index in [1.807, 2.05) is 19.3 Å². The van der Waals surface area contributed by atoms with Crippen LogP contribution in [0.2, 0.25) is 0 Å². The summed E-state index contributed by atoms with van der Waals surface area (Å²) in [6.07, 6.45) is 2.03. The van der Waals surface area contributed by atoms with Gasteiger partial charge >= 0.3 is 0 Å². The lowest BCUT2D eigenvalue weighted by Crippen LogP contribution is -2.08. The van der Waals surface area contributed by atoms with Crippen LogP contribution in [-0.2, 0) is 13.5 Å². The minimum Gasteiger partial charge on any atom is -0.496 e. The van der Waals surface area contributed by atoms with Crippen molar-refractivity contribution in [1.82, 2.24) is 9.78 Å². The summed E-state index contributed by atoms with van der Waals surface area (Å²) in [5.41, 5.74) is 1.18. The molecule has 1 aromatic heterocycles. The van der Waals surface area contributed by atoms with Crippen LogP contribution in [0.25, 0.3) is 0 Å². The summed E-state index contributed by atoms with van der Waals surface area (Å²) in [5.74, 6) is 0.952. The Bertz CT molecular complexity index is 568. The normalized spacial score (nSPS) is 10.3. The van der Waals surface area contributed by atoms with Gasteiger partial charge in [0.1, 0.15) is 17.1 Å². The van der Waals surface area contributed by atoms with Gasteiger partial charge < -0.3 is 9.47 Å². The van der Waals surface area contributed by atoms with E-state index in [0.29, 0.717) is 17.1 Å². The van der Waals surface area contributed by atoms with Gasteiger partial charge in [0.25, 0.3) is 0 Å². The van der Waals surface area contributed by atoms with E-state index in [1.54, 1.807) is 22.9 Å². The highest BCUT2D eigenvalue weighted by molar-refractivity contribution is 6.02. The smallest absolute Gasteiger partial charge is 0.176 e. The van der Waals surface area contributed by atoms with Crippen molar-refractivity contribution >= 4 is 5.78 Å². The summed E-state index contributed by atoms with van der Waals surface area (Å²) in [7, 11) is 4.89. The molecule has 19 heavy (non-hydrogen) atoms. The van der Waals surface area contributed by atoms with Crippen LogP contribution >= 0.6 is 0 Å². The van der Waals surface area contributed by atoms with Crippen molar-refractivity contribution in [3.63, 3.8) is 0 Å². The molecule has 5 nitrogen and oxygen atoms in total. The number of aromatic nitrogens is 2. The predicted octanol–water partition coefficient (Wildman–Crippen LogP) is 1.86. The Morgan fingerprint density at radius 3 is 2.32 bits per heavy atom. The second kappa shape index (κ2) is 5.56. The van der Waals surface area contributed by atoms with Crippen molar-refractivity contribution in [3.05, 3.63) is 41.7 Å². The molecule has 0 saturated carbocycles. The molecule has 0 aliphatic rings. The number of hydrogen-bond donors (Lipinski definition) is 0. The summed E-state index contributed by atoms with van der Waals surface area (Å²) in [5, 5.41) is 4.20. The van der Waals surface area contributed by atoms with Crippen molar-refractivity contribution in [2.75, 3.05) is 14.2 Å². The zero-order valence-electron chi connectivity index (χ0n) is 11.2. The lowest BCUT2D eigenvalue weighted by molar-refractivity contribution is 0.0985. The van der Waals surface area contributed by atoms with Gasteiger partial charge in [-0.2, -0.15) is 5.10 Å². The number of hydrogen-bond acceptors (Lipinski definition) is 4. The fraction of sp³-hybridized carbons (Fsp3) is 0.286. The third kappa shape index (κ3) is 2.76. The van der Waals surface area contributed by atoms with E-state index in [0.717, 1.165) is 5.69 Å². The first kappa shape index (κ1) is 13.1. The molecule has 0 unspecified atom stereocenters. The molecule has 5 heteroatoms. The minimum absolute atomic E-state index is 0.0759. The predicted molar refractivity (Wildman–Crippen MR) is 70.8 cm³/mol. The number of Topliss-reactive ketones (excluding diaryl/α,β-unsaturated/α-hetero) is 1. The largest absolute Gasteiger partial charge is 0.496 e. The van der Waals surface area contributed by atoms with E-state index < -0.39 is 0 Å². The maximum absolute atomic E-state index is 12.4. The Balaban J connectivity index is 2.32. The van der Waals surface area contributed by atoms with E-state index in [2.05, 4.69) is 5.10 Å². The van der Waals surface area contributed by atoms with Crippen LogP contribution in [0.15, 0.2) is 30.5 Å². The SMILES string of the molecule is COc1cccc(OC)c1C(=O)Cc1ccn(C)n1. The third-order valence-electron chi connectivity index (χ3n) is 2.82. The van der Waals surface area contributed by atoms with Gasteiger partial charge in [0.05, 0.1) is 26.3 Å². The topological polar surface area (TPSA) is 53.4 Å². The molecule has 0 spiro atoms. The van der Waals surface area contributed by atoms with Crippen molar-refractivity contribution in [3.8, 4) is 11.5 Å². The molecule has 0 atom stereocenters. The molecule has 1 heterocycles. The van der Waals surface area contributed by atoms with Crippen LogP contribution in [0.1, 0.15) is 16.1 Å². The first-order valence-electron chi connectivity index (χ1n) is 5.88. The number of ether oxygens (including phenoxy) is 2. The number of ketones is 1. The van der Waals surface area contributed by atoms with Crippen LogP contribution in [-0.4, -0.2) is 29.8 Å².